The van der Waals surface area contributed by atoms with Crippen LogP contribution in [-0.4, -0.2) is 57.1 Å². The number of carbonyl (C=O) groups is 2. The number of nitrogens with two attached hydrogens (primary N) is 1. The molecule has 0 aliphatic carbocycles. The highest BCUT2D eigenvalue weighted by atomic mass is 16.5. The van der Waals surface area contributed by atoms with Crippen LogP contribution in [0.3, 0.4) is 0 Å². The van der Waals surface area contributed by atoms with Gasteiger partial charge in [0.05, 0.1) is 18.5 Å². The third-order valence-electron chi connectivity index (χ3n) is 5.91. The molecular formula is C22H26N6O3. The number of piperazine rings is 1. The van der Waals surface area contributed by atoms with Gasteiger partial charge >= 0.3 is 0 Å². The number of rotatable bonds is 3. The Labute approximate surface area is 180 Å². The predicted octanol–water partition coefficient (Wildman–Crippen LogP) is 2.27. The smallest absolute Gasteiger partial charge is 0.252 e. The highest BCUT2D eigenvalue weighted by molar-refractivity contribution is 6.04. The molecular weight excluding hydrogens is 396 g/mol. The fourth-order valence-corrected chi connectivity index (χ4v) is 4.33. The summed E-state index contributed by atoms with van der Waals surface area (Å²) in [7, 11) is 1.57. The minimum absolute atomic E-state index is 0.119. The van der Waals surface area contributed by atoms with E-state index >= 15 is 0 Å². The lowest BCUT2D eigenvalue weighted by Gasteiger charge is -2.45. The van der Waals surface area contributed by atoms with Crippen molar-refractivity contribution in [3.8, 4) is 17.0 Å². The Morgan fingerprint density at radius 1 is 1.23 bits per heavy atom. The zero-order valence-corrected chi connectivity index (χ0v) is 18.3. The highest BCUT2D eigenvalue weighted by Crippen LogP contribution is 2.37. The predicted molar refractivity (Wildman–Crippen MR) is 118 cm³/mol. The van der Waals surface area contributed by atoms with E-state index in [1.165, 1.54) is 13.3 Å². The minimum Gasteiger partial charge on any atom is -0.495 e. The number of nitrogens with zero attached hydrogens (tertiary/aromatic N) is 5. The molecule has 4 rings (SSSR count). The van der Waals surface area contributed by atoms with Crippen LogP contribution in [0.4, 0.5) is 11.5 Å². The molecule has 2 amide bonds. The van der Waals surface area contributed by atoms with Gasteiger partial charge in [0.25, 0.3) is 5.91 Å². The number of aromatic nitrogens is 3. The van der Waals surface area contributed by atoms with Crippen LogP contribution >= 0.6 is 0 Å². The van der Waals surface area contributed by atoms with E-state index < -0.39 is 5.54 Å². The van der Waals surface area contributed by atoms with Crippen molar-refractivity contribution in [2.75, 3.05) is 30.8 Å². The summed E-state index contributed by atoms with van der Waals surface area (Å²) in [6.07, 6.45) is 1.42. The summed E-state index contributed by atoms with van der Waals surface area (Å²) in [5.41, 5.74) is 9.14. The first-order valence-corrected chi connectivity index (χ1v) is 10.0. The average molecular weight is 422 g/mol. The summed E-state index contributed by atoms with van der Waals surface area (Å²) in [5, 5.41) is 4.36. The second-order valence-corrected chi connectivity index (χ2v) is 8.19. The number of fused-ring (bicyclic) bond motifs is 1. The summed E-state index contributed by atoms with van der Waals surface area (Å²) < 4.78 is 7.32. The Morgan fingerprint density at radius 3 is 2.65 bits per heavy atom. The van der Waals surface area contributed by atoms with Crippen molar-refractivity contribution < 1.29 is 14.3 Å². The molecule has 1 aromatic carbocycles. The summed E-state index contributed by atoms with van der Waals surface area (Å²) in [5.74, 6) is 0.707. The molecule has 2 aromatic heterocycles. The Kier molecular flexibility index (Phi) is 4.83. The van der Waals surface area contributed by atoms with E-state index in [0.29, 0.717) is 30.3 Å². The number of hydrogen-bond acceptors (Lipinski definition) is 6. The van der Waals surface area contributed by atoms with Crippen LogP contribution in [0.25, 0.3) is 16.8 Å². The number of nitrogen functional groups attached to an aromatic ring is 1. The number of ether oxygens (including phenoxy) is 1. The number of anilines is 2. The van der Waals surface area contributed by atoms with E-state index in [0.717, 1.165) is 22.3 Å². The van der Waals surface area contributed by atoms with E-state index in [-0.39, 0.29) is 11.8 Å². The fraction of sp³-hybridized carbons (Fsp3) is 0.364. The third kappa shape index (κ3) is 3.17. The van der Waals surface area contributed by atoms with E-state index in [4.69, 9.17) is 10.5 Å². The molecule has 9 heteroatoms. The largest absolute Gasteiger partial charge is 0.495 e. The standard InChI is InChI=1S/C22H26N6O3/c1-13-10-16(28-19(13)20(23)24-12-25-28)15-6-7-18(31-5)17(11-15)26-8-9-27(14(2)29)22(3,4)21(26)30/h6-7,10-12H,8-9H2,1-5H3,(H2,23,24,25). The molecule has 1 aliphatic heterocycles. The van der Waals surface area contributed by atoms with E-state index in [1.54, 1.807) is 35.3 Å². The minimum atomic E-state index is -0.953. The molecule has 0 bridgehead atoms. The first-order chi connectivity index (χ1) is 14.7. The molecule has 0 atom stereocenters. The normalized spacial score (nSPS) is 16.1. The number of carbonyl (C=O) groups excluding carboxylic acids is 2. The fourth-order valence-electron chi connectivity index (χ4n) is 4.33. The van der Waals surface area contributed by atoms with Gasteiger partial charge in [0.2, 0.25) is 5.91 Å². The number of amides is 2. The van der Waals surface area contributed by atoms with Gasteiger partial charge in [-0.25, -0.2) is 9.50 Å². The van der Waals surface area contributed by atoms with Gasteiger partial charge in [-0.1, -0.05) is 0 Å². The first kappa shape index (κ1) is 20.6. The zero-order valence-electron chi connectivity index (χ0n) is 18.3. The SMILES string of the molecule is COc1ccc(-c2cc(C)c3c(N)ncnn23)cc1N1CCN(C(C)=O)C(C)(C)C1=O. The number of hydrogen-bond donors (Lipinski definition) is 1. The van der Waals surface area contributed by atoms with Gasteiger partial charge in [0.1, 0.15) is 23.1 Å². The molecule has 31 heavy (non-hydrogen) atoms. The van der Waals surface area contributed by atoms with Crippen LogP contribution in [0.5, 0.6) is 5.75 Å². The van der Waals surface area contributed by atoms with Crippen LogP contribution in [0.2, 0.25) is 0 Å². The van der Waals surface area contributed by atoms with Crippen molar-refractivity contribution in [3.63, 3.8) is 0 Å². The van der Waals surface area contributed by atoms with Gasteiger partial charge in [-0.05, 0) is 50.6 Å². The maximum atomic E-state index is 13.4. The summed E-state index contributed by atoms with van der Waals surface area (Å²) in [6.45, 7) is 7.80. The molecule has 2 N–H and O–H groups in total. The second kappa shape index (κ2) is 7.26. The third-order valence-corrected chi connectivity index (χ3v) is 5.91. The topological polar surface area (TPSA) is 106 Å². The van der Waals surface area contributed by atoms with Crippen molar-refractivity contribution in [2.45, 2.75) is 33.2 Å². The lowest BCUT2D eigenvalue weighted by molar-refractivity contribution is -0.145. The van der Waals surface area contributed by atoms with Crippen LogP contribution < -0.4 is 15.4 Å². The molecule has 0 unspecified atom stereocenters. The molecule has 1 fully saturated rings. The van der Waals surface area contributed by atoms with Gasteiger partial charge in [-0.2, -0.15) is 5.10 Å². The Morgan fingerprint density at radius 2 is 1.97 bits per heavy atom. The Hall–Kier alpha value is -3.62. The lowest BCUT2D eigenvalue weighted by Crippen LogP contribution is -2.64. The van der Waals surface area contributed by atoms with Crippen molar-refractivity contribution >= 4 is 28.8 Å². The maximum Gasteiger partial charge on any atom is 0.252 e. The number of benzene rings is 1. The molecule has 0 spiro atoms. The summed E-state index contributed by atoms with van der Waals surface area (Å²) in [4.78, 5) is 32.8. The average Bonchev–Trinajstić information content (AvgIpc) is 3.07. The van der Waals surface area contributed by atoms with E-state index in [1.807, 2.05) is 31.2 Å². The van der Waals surface area contributed by atoms with Crippen molar-refractivity contribution in [1.82, 2.24) is 19.5 Å². The van der Waals surface area contributed by atoms with E-state index in [2.05, 4.69) is 10.1 Å². The summed E-state index contributed by atoms with van der Waals surface area (Å²) in [6, 6.07) is 7.66. The second-order valence-electron chi connectivity index (χ2n) is 8.19. The van der Waals surface area contributed by atoms with Crippen molar-refractivity contribution in [1.29, 1.82) is 0 Å². The number of aryl methyl sites for hydroxylation is 1. The van der Waals surface area contributed by atoms with Gasteiger partial charge in [0.15, 0.2) is 5.82 Å². The van der Waals surface area contributed by atoms with Gasteiger partial charge in [-0.3, -0.25) is 9.59 Å². The zero-order chi connectivity index (χ0) is 22.5. The molecule has 9 nitrogen and oxygen atoms in total. The van der Waals surface area contributed by atoms with Crippen molar-refractivity contribution in [3.05, 3.63) is 36.2 Å². The number of methoxy groups -OCH3 is 1. The highest BCUT2D eigenvalue weighted by Gasteiger charge is 2.44. The van der Waals surface area contributed by atoms with Gasteiger partial charge < -0.3 is 20.3 Å². The molecule has 0 saturated carbocycles. The molecule has 3 aromatic rings. The molecule has 0 radical (unpaired) electrons. The molecule has 1 saturated heterocycles. The van der Waals surface area contributed by atoms with Crippen molar-refractivity contribution in [2.24, 2.45) is 0 Å². The molecule has 1 aliphatic rings. The molecule has 162 valence electrons. The Balaban J connectivity index is 1.83. The van der Waals surface area contributed by atoms with Crippen LogP contribution in [0.15, 0.2) is 30.6 Å². The van der Waals surface area contributed by atoms with E-state index in [9.17, 15) is 9.59 Å². The first-order valence-electron chi connectivity index (χ1n) is 10.0. The molecule has 3 heterocycles. The lowest BCUT2D eigenvalue weighted by atomic mass is 9.96. The van der Waals surface area contributed by atoms with Crippen LogP contribution in [-0.2, 0) is 9.59 Å². The van der Waals surface area contributed by atoms with Crippen LogP contribution in [0, 0.1) is 6.92 Å². The quantitative estimate of drug-likeness (QED) is 0.694. The summed E-state index contributed by atoms with van der Waals surface area (Å²) >= 11 is 0. The Bertz CT molecular complexity index is 1200. The maximum absolute atomic E-state index is 13.4. The van der Waals surface area contributed by atoms with Gasteiger partial charge in [0, 0.05) is 25.6 Å². The van der Waals surface area contributed by atoms with Crippen LogP contribution in [0.1, 0.15) is 26.3 Å². The monoisotopic (exact) mass is 422 g/mol. The van der Waals surface area contributed by atoms with Gasteiger partial charge in [-0.15, -0.1) is 0 Å².